The minimum absolute atomic E-state index is 0.00411. The molecule has 9 nitrogen and oxygen atoms in total. The number of aromatic nitrogens is 3. The molecule has 5 rings (SSSR count). The first-order chi connectivity index (χ1) is 19.3. The van der Waals surface area contributed by atoms with Crippen molar-refractivity contribution in [2.24, 2.45) is 11.8 Å². The predicted octanol–water partition coefficient (Wildman–Crippen LogP) is 5.35. The molecule has 0 radical (unpaired) electrons. The van der Waals surface area contributed by atoms with Gasteiger partial charge in [-0.25, -0.2) is 9.78 Å². The highest BCUT2D eigenvalue weighted by atomic mass is 32.1. The zero-order chi connectivity index (χ0) is 29.9. The fraction of sp³-hybridized carbons (Fsp3) is 0.433. The molecule has 2 aliphatic heterocycles. The molecular weight excluding hydrogens is 557 g/mol. The summed E-state index contributed by atoms with van der Waals surface area (Å²) >= 11 is 1.37. The Hall–Kier alpha value is -3.41. The van der Waals surface area contributed by atoms with Crippen molar-refractivity contribution in [1.82, 2.24) is 19.3 Å². The van der Waals surface area contributed by atoms with Gasteiger partial charge in [0.05, 0.1) is 22.9 Å². The van der Waals surface area contributed by atoms with Crippen LogP contribution in [0.5, 0.6) is 0 Å². The van der Waals surface area contributed by atoms with Crippen LogP contribution < -0.4 is 0 Å². The van der Waals surface area contributed by atoms with Crippen LogP contribution in [0.4, 0.5) is 0 Å². The van der Waals surface area contributed by atoms with E-state index in [-0.39, 0.29) is 53.0 Å². The molecule has 1 saturated heterocycles. The highest BCUT2D eigenvalue weighted by molar-refractivity contribution is 7.18. The Morgan fingerprint density at radius 2 is 2.02 bits per heavy atom. The third kappa shape index (κ3) is 4.79. The van der Waals surface area contributed by atoms with Gasteiger partial charge in [-0.2, -0.15) is 0 Å². The molecule has 3 aromatic heterocycles. The Kier molecular flexibility index (Phi) is 7.42. The number of ether oxygens (including phenoxy) is 1. The van der Waals surface area contributed by atoms with Crippen LogP contribution in [0.3, 0.4) is 0 Å². The zero-order valence-electron chi connectivity index (χ0n) is 24.5. The van der Waals surface area contributed by atoms with Crippen LogP contribution in [0.1, 0.15) is 55.5 Å². The molecular formula is C30H36N4O5SSi. The van der Waals surface area contributed by atoms with Crippen molar-refractivity contribution in [2.45, 2.75) is 64.9 Å². The SMILES string of the molecule is C=CCOC(=O)C1=C(c2cn3cnc(C(=O)c4cccnc4)c3s2)[C@H](C)[C@@H]2[C@@H]([C@@H](C)O[Si](C)(C)C(C)(C)C)C(=O)N12. The van der Waals surface area contributed by atoms with Crippen molar-refractivity contribution in [3.05, 3.63) is 71.5 Å². The fourth-order valence-corrected chi connectivity index (χ4v) is 8.15. The summed E-state index contributed by atoms with van der Waals surface area (Å²) in [6.07, 6.45) is 7.78. The minimum atomic E-state index is -2.14. The first-order valence-corrected chi connectivity index (χ1v) is 17.5. The molecule has 3 aromatic rings. The molecule has 0 saturated carbocycles. The number of carbonyl (C=O) groups is 3. The average Bonchev–Trinajstić information content (AvgIpc) is 3.56. The molecule has 5 heterocycles. The van der Waals surface area contributed by atoms with Gasteiger partial charge >= 0.3 is 5.97 Å². The van der Waals surface area contributed by atoms with Crippen LogP contribution in [0.2, 0.25) is 18.1 Å². The van der Waals surface area contributed by atoms with E-state index in [9.17, 15) is 14.4 Å². The molecule has 1 fully saturated rings. The maximum absolute atomic E-state index is 13.7. The number of fused-ring (bicyclic) bond motifs is 2. The number of nitrogens with zero attached hydrogens (tertiary/aromatic N) is 4. The number of esters is 1. The number of thiazole rings is 1. The standard InChI is InChI=1S/C30H36N4O5SSi/c1-9-13-38-29(37)25-21(17(2)24-22(27(36)34(24)25)18(3)39-41(7,8)30(4,5)6)20-15-33-16-32-23(28(33)40-20)26(35)19-11-10-12-31-14-19/h9-12,14-18,22,24H,1,13H2,2-8H3/t17-,18+,22+,24+/m0/s1. The summed E-state index contributed by atoms with van der Waals surface area (Å²) in [6.45, 7) is 18.6. The molecule has 11 heteroatoms. The lowest BCUT2D eigenvalue weighted by Gasteiger charge is -2.50. The number of hydrogen-bond donors (Lipinski definition) is 0. The minimum Gasteiger partial charge on any atom is -0.457 e. The van der Waals surface area contributed by atoms with E-state index in [4.69, 9.17) is 9.16 Å². The predicted molar refractivity (Wildman–Crippen MR) is 160 cm³/mol. The molecule has 1 amide bonds. The quantitative estimate of drug-likeness (QED) is 0.109. The molecule has 4 atom stereocenters. The third-order valence-corrected chi connectivity index (χ3v) is 14.3. The number of pyridine rings is 1. The largest absolute Gasteiger partial charge is 0.457 e. The molecule has 216 valence electrons. The van der Waals surface area contributed by atoms with E-state index >= 15 is 0 Å². The lowest BCUT2D eigenvalue weighted by Crippen LogP contribution is -2.65. The molecule has 0 spiro atoms. The number of ketones is 1. The molecule has 2 aliphatic rings. The highest BCUT2D eigenvalue weighted by Gasteiger charge is 2.61. The Balaban J connectivity index is 1.53. The van der Waals surface area contributed by atoms with Gasteiger partial charge in [0.2, 0.25) is 11.7 Å². The van der Waals surface area contributed by atoms with E-state index in [0.29, 0.717) is 16.1 Å². The van der Waals surface area contributed by atoms with E-state index in [2.05, 4.69) is 50.4 Å². The van der Waals surface area contributed by atoms with Crippen LogP contribution in [-0.2, 0) is 18.8 Å². The van der Waals surface area contributed by atoms with E-state index in [1.807, 2.05) is 20.0 Å². The van der Waals surface area contributed by atoms with E-state index in [0.717, 1.165) is 10.5 Å². The number of hydrogen-bond acceptors (Lipinski definition) is 8. The smallest absolute Gasteiger partial charge is 0.355 e. The van der Waals surface area contributed by atoms with Crippen molar-refractivity contribution in [3.63, 3.8) is 0 Å². The summed E-state index contributed by atoms with van der Waals surface area (Å²) in [5.74, 6) is -1.48. The zero-order valence-corrected chi connectivity index (χ0v) is 26.3. The highest BCUT2D eigenvalue weighted by Crippen LogP contribution is 2.53. The van der Waals surface area contributed by atoms with Gasteiger partial charge in [0.1, 0.15) is 29.2 Å². The number of β-lactam (4-membered cyclic amide) rings is 1. The number of rotatable bonds is 9. The molecule has 0 bridgehead atoms. The molecule has 41 heavy (non-hydrogen) atoms. The van der Waals surface area contributed by atoms with Crippen LogP contribution in [-0.4, -0.2) is 64.0 Å². The molecule has 0 N–H and O–H groups in total. The van der Waals surface area contributed by atoms with Gasteiger partial charge in [0.15, 0.2) is 8.32 Å². The topological polar surface area (TPSA) is 103 Å². The first-order valence-electron chi connectivity index (χ1n) is 13.7. The van der Waals surface area contributed by atoms with Gasteiger partial charge in [-0.3, -0.25) is 19.0 Å². The monoisotopic (exact) mass is 592 g/mol. The second-order valence-corrected chi connectivity index (χ2v) is 18.0. The van der Waals surface area contributed by atoms with Gasteiger partial charge < -0.3 is 14.1 Å². The molecule has 0 aromatic carbocycles. The van der Waals surface area contributed by atoms with Crippen LogP contribution in [0.25, 0.3) is 10.4 Å². The normalized spacial score (nSPS) is 21.6. The van der Waals surface area contributed by atoms with Gasteiger partial charge in [0, 0.05) is 35.6 Å². The van der Waals surface area contributed by atoms with Crippen LogP contribution in [0.15, 0.2) is 55.4 Å². The lowest BCUT2D eigenvalue weighted by atomic mass is 9.77. The summed E-state index contributed by atoms with van der Waals surface area (Å²) in [5.41, 5.74) is 1.74. The van der Waals surface area contributed by atoms with Crippen molar-refractivity contribution in [2.75, 3.05) is 6.61 Å². The van der Waals surface area contributed by atoms with E-state index < -0.39 is 14.3 Å². The molecule has 0 unspecified atom stereocenters. The Bertz CT molecular complexity index is 1570. The maximum Gasteiger partial charge on any atom is 0.355 e. The summed E-state index contributed by atoms with van der Waals surface area (Å²) in [5, 5.41) is -0.00411. The van der Waals surface area contributed by atoms with E-state index in [1.165, 1.54) is 23.6 Å². The van der Waals surface area contributed by atoms with Gasteiger partial charge in [0.25, 0.3) is 0 Å². The van der Waals surface area contributed by atoms with Crippen LogP contribution >= 0.6 is 11.3 Å². The van der Waals surface area contributed by atoms with Crippen molar-refractivity contribution >= 4 is 47.7 Å². The fourth-order valence-electron chi connectivity index (χ4n) is 5.50. The van der Waals surface area contributed by atoms with Crippen molar-refractivity contribution in [3.8, 4) is 0 Å². The Morgan fingerprint density at radius 3 is 2.66 bits per heavy atom. The summed E-state index contributed by atoms with van der Waals surface area (Å²) in [7, 11) is -2.14. The third-order valence-electron chi connectivity index (χ3n) is 8.59. The number of carbonyl (C=O) groups excluding carboxylic acids is 3. The summed E-state index contributed by atoms with van der Waals surface area (Å²) in [4.78, 5) is 51.7. The Labute approximate surface area is 245 Å². The first kappa shape index (κ1) is 29.1. The number of amides is 1. The second kappa shape index (κ2) is 10.5. The summed E-state index contributed by atoms with van der Waals surface area (Å²) in [6, 6.07) is 3.17. The van der Waals surface area contributed by atoms with Crippen LogP contribution in [0, 0.1) is 11.8 Å². The molecule has 0 aliphatic carbocycles. The number of imidazole rings is 1. The average molecular weight is 593 g/mol. The van der Waals surface area contributed by atoms with Crippen molar-refractivity contribution in [1.29, 1.82) is 0 Å². The van der Waals surface area contributed by atoms with Gasteiger partial charge in [-0.15, -0.1) is 11.3 Å². The Morgan fingerprint density at radius 1 is 1.29 bits per heavy atom. The second-order valence-electron chi connectivity index (χ2n) is 12.2. The van der Waals surface area contributed by atoms with Gasteiger partial charge in [-0.05, 0) is 37.2 Å². The summed E-state index contributed by atoms with van der Waals surface area (Å²) < 4.78 is 13.9. The van der Waals surface area contributed by atoms with E-state index in [1.54, 1.807) is 34.0 Å². The maximum atomic E-state index is 13.7. The van der Waals surface area contributed by atoms with Gasteiger partial charge in [-0.1, -0.05) is 40.3 Å². The van der Waals surface area contributed by atoms with Crippen molar-refractivity contribution < 1.29 is 23.5 Å². The lowest BCUT2D eigenvalue weighted by molar-refractivity contribution is -0.163.